The van der Waals surface area contributed by atoms with Gasteiger partial charge in [0.15, 0.2) is 0 Å². The lowest BCUT2D eigenvalue weighted by atomic mass is 9.90. The summed E-state index contributed by atoms with van der Waals surface area (Å²) in [6.07, 6.45) is 7.60. The number of halogens is 2. The van der Waals surface area contributed by atoms with Crippen molar-refractivity contribution in [1.29, 1.82) is 0 Å². The van der Waals surface area contributed by atoms with Gasteiger partial charge < -0.3 is 16.0 Å². The zero-order valence-electron chi connectivity index (χ0n) is 18.6. The summed E-state index contributed by atoms with van der Waals surface area (Å²) >= 11 is 5.92. The highest BCUT2D eigenvalue weighted by atomic mass is 35.5. The molecule has 1 fully saturated rings. The van der Waals surface area contributed by atoms with Gasteiger partial charge in [0.1, 0.15) is 11.6 Å². The minimum absolute atomic E-state index is 0.0228. The number of benzene rings is 1. The predicted octanol–water partition coefficient (Wildman–Crippen LogP) is 4.52. The van der Waals surface area contributed by atoms with Gasteiger partial charge >= 0.3 is 6.03 Å². The standard InChI is InChI=1S/C23H30ClFN6O/c1-30(2)21-17-5-3-4-6-20(17)28-23(29-21)27-14-7-9-15(10-8-14)31(22(26)32)16-11-12-19(25)18(24)13-16/h11-15H,3-10H2,1-2H3,(H2,26,32)(H,27,28,29)/t14-,15+. The first-order chi connectivity index (χ1) is 15.3. The van der Waals surface area contributed by atoms with Crippen molar-refractivity contribution in [2.24, 2.45) is 5.73 Å². The third kappa shape index (κ3) is 4.75. The van der Waals surface area contributed by atoms with Gasteiger partial charge in [-0.3, -0.25) is 4.90 Å². The Morgan fingerprint density at radius 1 is 1.16 bits per heavy atom. The van der Waals surface area contributed by atoms with E-state index in [0.29, 0.717) is 11.6 Å². The Labute approximate surface area is 193 Å². The molecule has 2 aliphatic carbocycles. The molecule has 0 aliphatic heterocycles. The number of urea groups is 1. The first-order valence-electron chi connectivity index (χ1n) is 11.2. The van der Waals surface area contributed by atoms with Crippen molar-refractivity contribution in [1.82, 2.24) is 9.97 Å². The quantitative estimate of drug-likeness (QED) is 0.684. The lowest BCUT2D eigenvalue weighted by Gasteiger charge is -2.36. The number of anilines is 3. The molecule has 2 aliphatic rings. The fraction of sp³-hybridized carbons (Fsp3) is 0.522. The van der Waals surface area contributed by atoms with Crippen LogP contribution < -0.4 is 20.9 Å². The number of carbonyl (C=O) groups excluding carboxylic acids is 1. The predicted molar refractivity (Wildman–Crippen MR) is 126 cm³/mol. The van der Waals surface area contributed by atoms with Crippen molar-refractivity contribution in [3.05, 3.63) is 40.3 Å². The number of aromatic nitrogens is 2. The van der Waals surface area contributed by atoms with Gasteiger partial charge in [0.05, 0.1) is 10.7 Å². The summed E-state index contributed by atoms with van der Waals surface area (Å²) in [4.78, 5) is 25.4. The number of amides is 2. The number of nitrogens with two attached hydrogens (primary N) is 1. The summed E-state index contributed by atoms with van der Waals surface area (Å²) in [5.74, 6) is 1.16. The van der Waals surface area contributed by atoms with Gasteiger partial charge in [0.25, 0.3) is 0 Å². The molecule has 0 saturated heterocycles. The van der Waals surface area contributed by atoms with E-state index in [0.717, 1.165) is 56.5 Å². The molecule has 0 spiro atoms. The summed E-state index contributed by atoms with van der Waals surface area (Å²) < 4.78 is 13.6. The molecule has 4 rings (SSSR count). The van der Waals surface area contributed by atoms with E-state index in [1.165, 1.54) is 29.0 Å². The van der Waals surface area contributed by atoms with Crippen molar-refractivity contribution in [3.8, 4) is 0 Å². The number of nitrogens with one attached hydrogen (secondary N) is 1. The molecule has 2 amide bonds. The van der Waals surface area contributed by atoms with E-state index >= 15 is 0 Å². The normalized spacial score (nSPS) is 20.4. The van der Waals surface area contributed by atoms with Crippen LogP contribution in [0, 0.1) is 5.82 Å². The van der Waals surface area contributed by atoms with E-state index in [9.17, 15) is 9.18 Å². The Balaban J connectivity index is 1.45. The monoisotopic (exact) mass is 460 g/mol. The van der Waals surface area contributed by atoms with Crippen LogP contribution in [0.4, 0.5) is 26.6 Å². The van der Waals surface area contributed by atoms with Crippen LogP contribution in [-0.4, -0.2) is 42.2 Å². The number of carbonyl (C=O) groups is 1. The lowest BCUT2D eigenvalue weighted by molar-refractivity contribution is 0.248. The topological polar surface area (TPSA) is 87.4 Å². The van der Waals surface area contributed by atoms with Crippen LogP contribution in [-0.2, 0) is 12.8 Å². The minimum Gasteiger partial charge on any atom is -0.362 e. The number of hydrogen-bond acceptors (Lipinski definition) is 5. The first-order valence-corrected chi connectivity index (χ1v) is 11.6. The molecule has 1 aromatic carbocycles. The van der Waals surface area contributed by atoms with E-state index in [1.54, 1.807) is 6.07 Å². The summed E-state index contributed by atoms with van der Waals surface area (Å²) in [6, 6.07) is 3.85. The second-order valence-electron chi connectivity index (χ2n) is 8.85. The number of aryl methyl sites for hydroxylation is 1. The maximum Gasteiger partial charge on any atom is 0.319 e. The number of hydrogen-bond donors (Lipinski definition) is 2. The van der Waals surface area contributed by atoms with Gasteiger partial charge in [0.2, 0.25) is 5.95 Å². The van der Waals surface area contributed by atoms with Crippen molar-refractivity contribution >= 4 is 35.1 Å². The zero-order valence-corrected chi connectivity index (χ0v) is 19.3. The Bertz CT molecular complexity index is 993. The number of primary amides is 1. The average Bonchev–Trinajstić information content (AvgIpc) is 2.76. The minimum atomic E-state index is -0.558. The fourth-order valence-electron chi connectivity index (χ4n) is 4.82. The van der Waals surface area contributed by atoms with Gasteiger partial charge in [0, 0.05) is 37.4 Å². The SMILES string of the molecule is CN(C)c1nc(N[C@H]2CC[C@@H](N(C(N)=O)c3ccc(F)c(Cl)c3)CC2)nc2c1CCCC2. The highest BCUT2D eigenvalue weighted by molar-refractivity contribution is 6.31. The van der Waals surface area contributed by atoms with Crippen LogP contribution in [0.15, 0.2) is 18.2 Å². The van der Waals surface area contributed by atoms with Crippen LogP contribution >= 0.6 is 11.6 Å². The van der Waals surface area contributed by atoms with E-state index in [1.807, 2.05) is 14.1 Å². The maximum absolute atomic E-state index is 13.6. The second-order valence-corrected chi connectivity index (χ2v) is 9.26. The van der Waals surface area contributed by atoms with Gasteiger partial charge in [-0.2, -0.15) is 4.98 Å². The third-order valence-corrected chi connectivity index (χ3v) is 6.69. The third-order valence-electron chi connectivity index (χ3n) is 6.40. The van der Waals surface area contributed by atoms with Crippen LogP contribution in [0.3, 0.4) is 0 Å². The molecular weight excluding hydrogens is 431 g/mol. The first kappa shape index (κ1) is 22.6. The van der Waals surface area contributed by atoms with Gasteiger partial charge in [-0.15, -0.1) is 0 Å². The molecule has 0 unspecified atom stereocenters. The van der Waals surface area contributed by atoms with Crippen molar-refractivity contribution in [2.45, 2.75) is 63.5 Å². The van der Waals surface area contributed by atoms with Crippen molar-refractivity contribution in [2.75, 3.05) is 29.2 Å². The number of nitrogens with zero attached hydrogens (tertiary/aromatic N) is 4. The number of rotatable bonds is 5. The molecule has 0 bridgehead atoms. The smallest absolute Gasteiger partial charge is 0.319 e. The van der Waals surface area contributed by atoms with Crippen LogP contribution in [0.5, 0.6) is 0 Å². The molecular formula is C23H30ClFN6O. The Morgan fingerprint density at radius 2 is 1.88 bits per heavy atom. The van der Waals surface area contributed by atoms with E-state index < -0.39 is 11.8 Å². The highest BCUT2D eigenvalue weighted by Crippen LogP contribution is 2.32. The molecule has 0 atom stereocenters. The lowest BCUT2D eigenvalue weighted by Crippen LogP contribution is -2.46. The van der Waals surface area contributed by atoms with Crippen LogP contribution in [0.25, 0.3) is 0 Å². The Hall–Kier alpha value is -2.61. The molecule has 1 heterocycles. The maximum atomic E-state index is 13.6. The fourth-order valence-corrected chi connectivity index (χ4v) is 5.00. The summed E-state index contributed by atoms with van der Waals surface area (Å²) in [5, 5.41) is 3.49. The molecule has 7 nitrogen and oxygen atoms in total. The van der Waals surface area contributed by atoms with Crippen molar-refractivity contribution in [3.63, 3.8) is 0 Å². The molecule has 172 valence electrons. The van der Waals surface area contributed by atoms with Crippen molar-refractivity contribution < 1.29 is 9.18 Å². The van der Waals surface area contributed by atoms with E-state index in [2.05, 4.69) is 10.2 Å². The summed E-state index contributed by atoms with van der Waals surface area (Å²) in [5.41, 5.74) is 8.61. The Kier molecular flexibility index (Phi) is 6.69. The molecule has 1 saturated carbocycles. The number of fused-ring (bicyclic) bond motifs is 1. The van der Waals surface area contributed by atoms with E-state index in [4.69, 9.17) is 27.3 Å². The van der Waals surface area contributed by atoms with E-state index in [-0.39, 0.29) is 17.1 Å². The largest absolute Gasteiger partial charge is 0.362 e. The van der Waals surface area contributed by atoms with Crippen LogP contribution in [0.2, 0.25) is 5.02 Å². The summed E-state index contributed by atoms with van der Waals surface area (Å²) in [6.45, 7) is 0. The zero-order chi connectivity index (χ0) is 22.8. The van der Waals surface area contributed by atoms with Gasteiger partial charge in [-0.05, 0) is 69.6 Å². The Morgan fingerprint density at radius 3 is 2.53 bits per heavy atom. The molecule has 1 aromatic heterocycles. The molecule has 9 heteroatoms. The highest BCUT2D eigenvalue weighted by Gasteiger charge is 2.30. The molecule has 3 N–H and O–H groups in total. The second kappa shape index (κ2) is 9.48. The molecule has 32 heavy (non-hydrogen) atoms. The van der Waals surface area contributed by atoms with Crippen LogP contribution in [0.1, 0.15) is 49.8 Å². The van der Waals surface area contributed by atoms with Gasteiger partial charge in [-0.25, -0.2) is 14.2 Å². The molecule has 0 radical (unpaired) electrons. The average molecular weight is 461 g/mol. The molecule has 2 aromatic rings. The van der Waals surface area contributed by atoms with Gasteiger partial charge in [-0.1, -0.05) is 11.6 Å². The summed E-state index contributed by atoms with van der Waals surface area (Å²) in [7, 11) is 4.04.